The molecule has 0 radical (unpaired) electrons. The summed E-state index contributed by atoms with van der Waals surface area (Å²) in [7, 11) is 1.81. The molecule has 1 fully saturated rings. The Morgan fingerprint density at radius 2 is 1.64 bits per heavy atom. The molecule has 2 amide bonds. The van der Waals surface area contributed by atoms with Gasteiger partial charge in [0.15, 0.2) is 11.5 Å². The van der Waals surface area contributed by atoms with E-state index in [1.54, 1.807) is 41.3 Å². The van der Waals surface area contributed by atoms with Crippen molar-refractivity contribution in [2.45, 2.75) is 19.0 Å². The lowest BCUT2D eigenvalue weighted by molar-refractivity contribution is -0.286. The largest absolute Gasteiger partial charge is 0.586 e. The number of nitrogens with one attached hydrogen (secondary N) is 1. The molecule has 3 aromatic carbocycles. The van der Waals surface area contributed by atoms with Crippen molar-refractivity contribution >= 4 is 28.4 Å². The average molecular weight is 694 g/mol. The van der Waals surface area contributed by atoms with Crippen molar-refractivity contribution in [3.63, 3.8) is 0 Å². The second-order valence-corrected chi connectivity index (χ2v) is 11.8. The van der Waals surface area contributed by atoms with E-state index in [1.165, 1.54) is 18.3 Å². The van der Waals surface area contributed by atoms with Crippen LogP contribution >= 0.6 is 0 Å². The number of aromatic nitrogens is 2. The van der Waals surface area contributed by atoms with E-state index >= 15 is 0 Å². The van der Waals surface area contributed by atoms with Gasteiger partial charge in [-0.25, -0.2) is 4.98 Å². The van der Waals surface area contributed by atoms with Gasteiger partial charge in [-0.3, -0.25) is 14.5 Å². The minimum absolute atomic E-state index is 0.000418. The van der Waals surface area contributed by atoms with Gasteiger partial charge in [0.05, 0.1) is 17.4 Å². The Balaban J connectivity index is 0.946. The normalized spacial score (nSPS) is 15.7. The number of hydrogen-bond donors (Lipinski definition) is 1. The Kier molecular flexibility index (Phi) is 8.30. The molecule has 15 heteroatoms. The number of hydrogen-bond acceptors (Lipinski definition) is 7. The lowest BCUT2D eigenvalue weighted by Crippen LogP contribution is -2.48. The molecule has 2 aliphatic heterocycles. The summed E-state index contributed by atoms with van der Waals surface area (Å²) in [4.78, 5) is 34.2. The molecule has 0 bridgehead atoms. The lowest BCUT2D eigenvalue weighted by atomic mass is 10.1. The number of rotatable bonds is 7. The maximum absolute atomic E-state index is 13.5. The first-order valence-electron chi connectivity index (χ1n) is 15.4. The molecule has 0 aliphatic carbocycles. The fourth-order valence-electron chi connectivity index (χ4n) is 5.87. The second-order valence-electron chi connectivity index (χ2n) is 11.8. The number of anilines is 1. The summed E-state index contributed by atoms with van der Waals surface area (Å²) >= 11 is 0. The highest BCUT2D eigenvalue weighted by atomic mass is 19.4. The van der Waals surface area contributed by atoms with Crippen LogP contribution in [0.25, 0.3) is 10.9 Å². The van der Waals surface area contributed by atoms with Gasteiger partial charge in [-0.2, -0.15) is 13.2 Å². The number of piperazine rings is 1. The molecule has 0 atom stereocenters. The number of benzene rings is 3. The van der Waals surface area contributed by atoms with Crippen molar-refractivity contribution < 1.29 is 45.8 Å². The maximum Gasteiger partial charge on any atom is 0.586 e. The fourth-order valence-corrected chi connectivity index (χ4v) is 5.87. The molecular formula is C35H28F5N5O5. The lowest BCUT2D eigenvalue weighted by Gasteiger charge is -2.34. The van der Waals surface area contributed by atoms with E-state index in [0.717, 1.165) is 40.7 Å². The smallest absolute Gasteiger partial charge is 0.439 e. The number of carbonyl (C=O) groups is 2. The molecule has 0 saturated carbocycles. The van der Waals surface area contributed by atoms with Crippen molar-refractivity contribution in [3.05, 3.63) is 107 Å². The van der Waals surface area contributed by atoms with E-state index in [1.807, 2.05) is 17.7 Å². The molecule has 7 rings (SSSR count). The zero-order valence-electron chi connectivity index (χ0n) is 26.3. The van der Waals surface area contributed by atoms with Crippen LogP contribution in [-0.4, -0.2) is 63.6 Å². The molecule has 50 heavy (non-hydrogen) atoms. The Morgan fingerprint density at radius 1 is 0.900 bits per heavy atom. The van der Waals surface area contributed by atoms with Crippen LogP contribution in [0.2, 0.25) is 0 Å². The number of halogens is 5. The molecule has 2 aromatic heterocycles. The number of aryl methyl sites for hydroxylation is 1. The SMILES string of the molecule is Cn1c(C(=O)N2CCN(Cc3ccc4c(c3)OC(F)(F)O4)CC2)cc2cc(Oc3ccc(NC(=O)c4ccc(C(F)(F)F)cc4)cn3)ccc21. The highest BCUT2D eigenvalue weighted by molar-refractivity contribution is 6.04. The Morgan fingerprint density at radius 3 is 2.34 bits per heavy atom. The molecule has 0 spiro atoms. The zero-order valence-corrected chi connectivity index (χ0v) is 26.3. The number of nitrogens with zero attached hydrogens (tertiary/aromatic N) is 4. The van der Waals surface area contributed by atoms with Crippen LogP contribution in [0.3, 0.4) is 0 Å². The summed E-state index contributed by atoms with van der Waals surface area (Å²) in [6.45, 7) is 2.69. The van der Waals surface area contributed by atoms with Gasteiger partial charge in [-0.1, -0.05) is 6.07 Å². The third kappa shape index (κ3) is 6.89. The van der Waals surface area contributed by atoms with Gasteiger partial charge >= 0.3 is 12.5 Å². The number of amides is 2. The summed E-state index contributed by atoms with van der Waals surface area (Å²) in [5.41, 5.74) is 1.66. The fraction of sp³-hybridized carbons (Fsp3) is 0.229. The van der Waals surface area contributed by atoms with E-state index in [0.29, 0.717) is 49.9 Å². The van der Waals surface area contributed by atoms with Gasteiger partial charge < -0.3 is 29.0 Å². The average Bonchev–Trinajstić information content (AvgIpc) is 3.58. The van der Waals surface area contributed by atoms with Crippen molar-refractivity contribution in [2.24, 2.45) is 7.05 Å². The summed E-state index contributed by atoms with van der Waals surface area (Å²) in [6, 6.07) is 18.9. The van der Waals surface area contributed by atoms with Gasteiger partial charge in [0.25, 0.3) is 11.8 Å². The summed E-state index contributed by atoms with van der Waals surface area (Å²) in [5, 5.41) is 3.37. The molecule has 2 aliphatic rings. The van der Waals surface area contributed by atoms with E-state index < -0.39 is 23.9 Å². The number of ether oxygens (including phenoxy) is 3. The van der Waals surface area contributed by atoms with Crippen molar-refractivity contribution in [3.8, 4) is 23.1 Å². The molecule has 10 nitrogen and oxygen atoms in total. The Bertz CT molecular complexity index is 2080. The van der Waals surface area contributed by atoms with E-state index in [-0.39, 0.29) is 28.8 Å². The third-order valence-electron chi connectivity index (χ3n) is 8.46. The van der Waals surface area contributed by atoms with Crippen molar-refractivity contribution in [1.82, 2.24) is 19.4 Å². The predicted molar refractivity (Wildman–Crippen MR) is 170 cm³/mol. The van der Waals surface area contributed by atoms with Crippen LogP contribution in [0.4, 0.5) is 27.6 Å². The van der Waals surface area contributed by atoms with Crippen LogP contribution in [0.15, 0.2) is 85.1 Å². The third-order valence-corrected chi connectivity index (χ3v) is 8.46. The minimum Gasteiger partial charge on any atom is -0.439 e. The quantitative estimate of drug-likeness (QED) is 0.185. The second kappa shape index (κ2) is 12.6. The van der Waals surface area contributed by atoms with Crippen molar-refractivity contribution in [2.75, 3.05) is 31.5 Å². The molecule has 258 valence electrons. The van der Waals surface area contributed by atoms with Crippen LogP contribution in [0.5, 0.6) is 23.1 Å². The molecular weight excluding hydrogens is 665 g/mol. The first-order chi connectivity index (χ1) is 23.8. The van der Waals surface area contributed by atoms with Gasteiger partial charge in [0.1, 0.15) is 11.4 Å². The van der Waals surface area contributed by atoms with Gasteiger partial charge in [0, 0.05) is 62.3 Å². The highest BCUT2D eigenvalue weighted by Gasteiger charge is 2.43. The standard InChI is InChI=1S/C35H28F5N5O5/c1-43-27-9-8-26(48-31-11-7-25(19-41-31)42-32(46)22-3-5-24(6-4-22)34(36,37)38)17-23(27)18-28(43)33(47)45-14-12-44(13-15-45)20-21-2-10-29-30(16-21)50-35(39,40)49-29/h2-11,16-19H,12-15,20H2,1H3,(H,42,46). The zero-order chi connectivity index (χ0) is 35.2. The minimum atomic E-state index is -4.49. The topological polar surface area (TPSA) is 98.2 Å². The van der Waals surface area contributed by atoms with E-state index in [9.17, 15) is 31.5 Å². The molecule has 0 unspecified atom stereocenters. The molecule has 1 N–H and O–H groups in total. The van der Waals surface area contributed by atoms with Gasteiger partial charge in [-0.15, -0.1) is 8.78 Å². The number of pyridine rings is 1. The summed E-state index contributed by atoms with van der Waals surface area (Å²) in [5.74, 6) is 0.000302. The van der Waals surface area contributed by atoms with Crippen LogP contribution in [-0.2, 0) is 19.8 Å². The van der Waals surface area contributed by atoms with Gasteiger partial charge in [-0.05, 0) is 72.3 Å². The van der Waals surface area contributed by atoms with Crippen LogP contribution in [0.1, 0.15) is 32.0 Å². The summed E-state index contributed by atoms with van der Waals surface area (Å²) in [6.07, 6.45) is -6.79. The molecule has 4 heterocycles. The molecule has 1 saturated heterocycles. The predicted octanol–water partition coefficient (Wildman–Crippen LogP) is 6.92. The maximum atomic E-state index is 13.5. The summed E-state index contributed by atoms with van der Waals surface area (Å²) < 4.78 is 81.9. The Hall–Kier alpha value is -5.70. The highest BCUT2D eigenvalue weighted by Crippen LogP contribution is 2.41. The molecule has 5 aromatic rings. The van der Waals surface area contributed by atoms with Crippen LogP contribution < -0.4 is 19.5 Å². The van der Waals surface area contributed by atoms with Crippen LogP contribution in [0, 0.1) is 0 Å². The Labute approximate surface area is 281 Å². The number of fused-ring (bicyclic) bond motifs is 2. The first kappa shape index (κ1) is 32.8. The monoisotopic (exact) mass is 693 g/mol. The first-order valence-corrected chi connectivity index (χ1v) is 15.4. The number of carbonyl (C=O) groups excluding carboxylic acids is 2. The van der Waals surface area contributed by atoms with E-state index in [2.05, 4.69) is 24.7 Å². The van der Waals surface area contributed by atoms with Crippen molar-refractivity contribution in [1.29, 1.82) is 0 Å². The van der Waals surface area contributed by atoms with E-state index in [4.69, 9.17) is 4.74 Å². The number of alkyl halides is 5. The van der Waals surface area contributed by atoms with Gasteiger partial charge in [0.2, 0.25) is 5.88 Å².